The number of anilines is 1. The summed E-state index contributed by atoms with van der Waals surface area (Å²) in [6.07, 6.45) is 1.60. The number of urea groups is 1. The number of aromatic nitrogens is 2. The number of carboxylic acids is 1. The highest BCUT2D eigenvalue weighted by Gasteiger charge is 2.14. The Bertz CT molecular complexity index is 681. The van der Waals surface area contributed by atoms with Crippen molar-refractivity contribution in [2.45, 2.75) is 13.5 Å². The van der Waals surface area contributed by atoms with Gasteiger partial charge in [0.05, 0.1) is 11.9 Å². The first-order valence-electron chi connectivity index (χ1n) is 6.08. The monoisotopic (exact) mass is 290 g/mol. The average Bonchev–Trinajstić information content (AvgIpc) is 2.84. The summed E-state index contributed by atoms with van der Waals surface area (Å²) in [5.74, 6) is -1.76. The third-order valence-corrected chi connectivity index (χ3v) is 2.89. The van der Waals surface area contributed by atoms with Crippen LogP contribution in [0, 0.1) is 6.92 Å². The van der Waals surface area contributed by atoms with Crippen molar-refractivity contribution in [3.05, 3.63) is 41.2 Å². The number of phenols is 1. The lowest BCUT2D eigenvalue weighted by Gasteiger charge is -2.10. The number of hydrogen-bond donors (Lipinski definition) is 5. The van der Waals surface area contributed by atoms with E-state index in [1.54, 1.807) is 6.20 Å². The summed E-state index contributed by atoms with van der Waals surface area (Å²) in [5.41, 5.74) is 1.41. The van der Waals surface area contributed by atoms with Crippen molar-refractivity contribution in [1.29, 1.82) is 0 Å². The highest BCUT2D eigenvalue weighted by Crippen LogP contribution is 2.27. The van der Waals surface area contributed by atoms with E-state index in [1.807, 2.05) is 6.92 Å². The van der Waals surface area contributed by atoms with Gasteiger partial charge in [0.1, 0.15) is 5.56 Å². The molecule has 2 aromatic rings. The first kappa shape index (κ1) is 14.4. The van der Waals surface area contributed by atoms with E-state index in [2.05, 4.69) is 20.8 Å². The van der Waals surface area contributed by atoms with Gasteiger partial charge in [-0.05, 0) is 19.1 Å². The second-order valence-corrected chi connectivity index (χ2v) is 4.33. The van der Waals surface area contributed by atoms with E-state index in [1.165, 1.54) is 18.2 Å². The minimum absolute atomic E-state index is 0.0244. The lowest BCUT2D eigenvalue weighted by atomic mass is 10.1. The number of para-hydroxylation sites is 1. The first-order valence-corrected chi connectivity index (χ1v) is 6.08. The van der Waals surface area contributed by atoms with Gasteiger partial charge in [0.25, 0.3) is 0 Å². The zero-order valence-corrected chi connectivity index (χ0v) is 11.2. The molecule has 5 N–H and O–H groups in total. The number of aromatic hydroxyl groups is 1. The van der Waals surface area contributed by atoms with Gasteiger partial charge in [-0.3, -0.25) is 5.10 Å². The lowest BCUT2D eigenvalue weighted by Crippen LogP contribution is -2.28. The molecule has 21 heavy (non-hydrogen) atoms. The van der Waals surface area contributed by atoms with Gasteiger partial charge in [0, 0.05) is 17.8 Å². The fraction of sp³-hybridized carbons (Fsp3) is 0.154. The predicted octanol–water partition coefficient (Wildman–Crippen LogP) is 1.44. The molecule has 0 aliphatic carbocycles. The van der Waals surface area contributed by atoms with Crippen LogP contribution in [-0.4, -0.2) is 32.4 Å². The number of carboxylic acid groups (broad SMARTS) is 1. The summed E-state index contributed by atoms with van der Waals surface area (Å²) in [5, 5.41) is 30.2. The fourth-order valence-electron chi connectivity index (χ4n) is 1.71. The standard InChI is InChI=1S/C13H14N4O4/c1-7-8(6-15-17-7)5-14-13(21)16-10-4-2-3-9(11(10)18)12(19)20/h2-4,6,18H,5H2,1H3,(H,15,17)(H,19,20)(H2,14,16,21). The molecule has 0 saturated carbocycles. The van der Waals surface area contributed by atoms with Crippen molar-refractivity contribution in [1.82, 2.24) is 15.5 Å². The zero-order valence-electron chi connectivity index (χ0n) is 11.2. The maximum atomic E-state index is 11.7. The number of nitrogens with one attached hydrogen (secondary N) is 3. The van der Waals surface area contributed by atoms with Gasteiger partial charge in [0.15, 0.2) is 5.75 Å². The summed E-state index contributed by atoms with van der Waals surface area (Å²) in [4.78, 5) is 22.6. The number of aryl methyl sites for hydroxylation is 1. The minimum atomic E-state index is -1.27. The maximum absolute atomic E-state index is 11.7. The van der Waals surface area contributed by atoms with Crippen LogP contribution in [0.15, 0.2) is 24.4 Å². The molecule has 0 atom stereocenters. The predicted molar refractivity (Wildman–Crippen MR) is 74.2 cm³/mol. The average molecular weight is 290 g/mol. The molecule has 8 nitrogen and oxygen atoms in total. The summed E-state index contributed by atoms with van der Waals surface area (Å²) >= 11 is 0. The van der Waals surface area contributed by atoms with Crippen LogP contribution in [0.5, 0.6) is 5.75 Å². The van der Waals surface area contributed by atoms with Gasteiger partial charge >= 0.3 is 12.0 Å². The number of H-pyrrole nitrogens is 1. The molecule has 0 saturated heterocycles. The SMILES string of the molecule is Cc1[nH]ncc1CNC(=O)Nc1cccc(C(=O)O)c1O. The Morgan fingerprint density at radius 2 is 2.14 bits per heavy atom. The topological polar surface area (TPSA) is 127 Å². The second-order valence-electron chi connectivity index (χ2n) is 4.33. The van der Waals surface area contributed by atoms with E-state index in [9.17, 15) is 14.7 Å². The molecule has 0 bridgehead atoms. The van der Waals surface area contributed by atoms with Crippen LogP contribution in [0.2, 0.25) is 0 Å². The Balaban J connectivity index is 2.01. The van der Waals surface area contributed by atoms with Crippen LogP contribution in [0.25, 0.3) is 0 Å². The van der Waals surface area contributed by atoms with Crippen LogP contribution in [0.4, 0.5) is 10.5 Å². The molecule has 0 aliphatic heterocycles. The van der Waals surface area contributed by atoms with Gasteiger partial charge < -0.3 is 20.8 Å². The molecule has 0 aliphatic rings. The van der Waals surface area contributed by atoms with Crippen molar-refractivity contribution in [2.24, 2.45) is 0 Å². The maximum Gasteiger partial charge on any atom is 0.339 e. The normalized spacial score (nSPS) is 10.1. The molecule has 1 heterocycles. The Morgan fingerprint density at radius 1 is 1.38 bits per heavy atom. The van der Waals surface area contributed by atoms with Crippen molar-refractivity contribution >= 4 is 17.7 Å². The molecule has 0 unspecified atom stereocenters. The number of carbonyl (C=O) groups excluding carboxylic acids is 1. The number of nitrogens with zero attached hydrogens (tertiary/aromatic N) is 1. The number of aromatic amines is 1. The van der Waals surface area contributed by atoms with Crippen LogP contribution >= 0.6 is 0 Å². The van der Waals surface area contributed by atoms with E-state index in [0.717, 1.165) is 11.3 Å². The Labute approximate surface area is 119 Å². The van der Waals surface area contributed by atoms with Crippen LogP contribution in [-0.2, 0) is 6.54 Å². The molecule has 1 aromatic heterocycles. The molecule has 2 rings (SSSR count). The van der Waals surface area contributed by atoms with Crippen molar-refractivity contribution < 1.29 is 19.8 Å². The largest absolute Gasteiger partial charge is 0.505 e. The molecular formula is C13H14N4O4. The van der Waals surface area contributed by atoms with Gasteiger partial charge in [-0.2, -0.15) is 5.10 Å². The lowest BCUT2D eigenvalue weighted by molar-refractivity contribution is 0.0693. The summed E-state index contributed by atoms with van der Waals surface area (Å²) < 4.78 is 0. The smallest absolute Gasteiger partial charge is 0.339 e. The fourth-order valence-corrected chi connectivity index (χ4v) is 1.71. The molecule has 0 radical (unpaired) electrons. The number of aromatic carboxylic acids is 1. The Kier molecular flexibility index (Phi) is 4.07. The van der Waals surface area contributed by atoms with E-state index < -0.39 is 17.7 Å². The van der Waals surface area contributed by atoms with Crippen molar-refractivity contribution in [3.8, 4) is 5.75 Å². The van der Waals surface area contributed by atoms with E-state index in [0.29, 0.717) is 0 Å². The van der Waals surface area contributed by atoms with Crippen LogP contribution in [0.1, 0.15) is 21.6 Å². The molecule has 1 aromatic carbocycles. The molecule has 8 heteroatoms. The van der Waals surface area contributed by atoms with Crippen molar-refractivity contribution in [2.75, 3.05) is 5.32 Å². The van der Waals surface area contributed by atoms with E-state index in [4.69, 9.17) is 5.11 Å². The van der Waals surface area contributed by atoms with Crippen molar-refractivity contribution in [3.63, 3.8) is 0 Å². The summed E-state index contributed by atoms with van der Waals surface area (Å²) in [6.45, 7) is 2.08. The highest BCUT2D eigenvalue weighted by atomic mass is 16.4. The Morgan fingerprint density at radius 3 is 2.76 bits per heavy atom. The third kappa shape index (κ3) is 3.30. The molecular weight excluding hydrogens is 276 g/mol. The molecule has 110 valence electrons. The quantitative estimate of drug-likeness (QED) is 0.544. The summed E-state index contributed by atoms with van der Waals surface area (Å²) in [6, 6.07) is 3.52. The summed E-state index contributed by atoms with van der Waals surface area (Å²) in [7, 11) is 0. The number of hydrogen-bond acceptors (Lipinski definition) is 4. The van der Waals surface area contributed by atoms with Gasteiger partial charge in [-0.15, -0.1) is 0 Å². The van der Waals surface area contributed by atoms with E-state index >= 15 is 0 Å². The van der Waals surface area contributed by atoms with Gasteiger partial charge in [-0.1, -0.05) is 6.07 Å². The van der Waals surface area contributed by atoms with E-state index in [-0.39, 0.29) is 17.8 Å². The number of carbonyl (C=O) groups is 2. The molecule has 0 fully saturated rings. The highest BCUT2D eigenvalue weighted by molar-refractivity contribution is 5.97. The van der Waals surface area contributed by atoms with Crippen LogP contribution < -0.4 is 10.6 Å². The first-order chi connectivity index (χ1) is 9.99. The van der Waals surface area contributed by atoms with Crippen LogP contribution in [0.3, 0.4) is 0 Å². The number of amides is 2. The Hall–Kier alpha value is -3.03. The zero-order chi connectivity index (χ0) is 15.4. The van der Waals surface area contributed by atoms with Gasteiger partial charge in [0.2, 0.25) is 0 Å². The number of benzene rings is 1. The van der Waals surface area contributed by atoms with Gasteiger partial charge in [-0.25, -0.2) is 9.59 Å². The third-order valence-electron chi connectivity index (χ3n) is 2.89. The molecule has 2 amide bonds. The molecule has 0 spiro atoms. The minimum Gasteiger partial charge on any atom is -0.505 e. The second kappa shape index (κ2) is 5.95. The number of rotatable bonds is 4.